The zero-order valence-corrected chi connectivity index (χ0v) is 17.9. The molecule has 1 aliphatic carbocycles. The lowest BCUT2D eigenvalue weighted by Gasteiger charge is -2.59. The summed E-state index contributed by atoms with van der Waals surface area (Å²) in [6.07, 6.45) is 3.26. The summed E-state index contributed by atoms with van der Waals surface area (Å²) in [4.78, 5) is 24.2. The van der Waals surface area contributed by atoms with Crippen LogP contribution in [0.2, 0.25) is 5.02 Å². The lowest BCUT2D eigenvalue weighted by molar-refractivity contribution is -0.133. The van der Waals surface area contributed by atoms with Crippen LogP contribution in [0.25, 0.3) is 0 Å². The summed E-state index contributed by atoms with van der Waals surface area (Å²) in [5.74, 6) is 0.583. The van der Waals surface area contributed by atoms with Crippen LogP contribution in [0.3, 0.4) is 0 Å². The quantitative estimate of drug-likeness (QED) is 0.731. The molecule has 28 heavy (non-hydrogen) atoms. The van der Waals surface area contributed by atoms with Crippen LogP contribution in [-0.4, -0.2) is 55.9 Å². The zero-order chi connectivity index (χ0) is 20.9. The summed E-state index contributed by atoms with van der Waals surface area (Å²) in [5.41, 5.74) is 0.750. The number of amides is 1. The number of likely N-dealkylation sites (tertiary alicyclic amines) is 1. The maximum Gasteiger partial charge on any atom is 0.234 e. The smallest absolute Gasteiger partial charge is 0.234 e. The molecule has 0 bridgehead atoms. The first kappa shape index (κ1) is 22.8. The monoisotopic (exact) mass is 411 g/mol. The van der Waals surface area contributed by atoms with Gasteiger partial charge in [0.05, 0.1) is 11.6 Å². The average Bonchev–Trinajstić information content (AvgIpc) is 2.50. The molecule has 3 rings (SSSR count). The molecule has 1 amide bonds. The van der Waals surface area contributed by atoms with Gasteiger partial charge in [-0.15, -0.1) is 0 Å². The summed E-state index contributed by atoms with van der Waals surface area (Å²) >= 11 is 5.46. The first-order valence-corrected chi connectivity index (χ1v) is 10.0. The number of benzene rings is 1. The predicted octanol–water partition coefficient (Wildman–Crippen LogP) is 3.12. The van der Waals surface area contributed by atoms with Gasteiger partial charge in [-0.2, -0.15) is 0 Å². The van der Waals surface area contributed by atoms with E-state index in [9.17, 15) is 14.0 Å². The molecule has 7 heteroatoms. The lowest BCUT2D eigenvalue weighted by Crippen LogP contribution is -2.64. The molecule has 0 unspecified atom stereocenters. The lowest BCUT2D eigenvalue weighted by atomic mass is 9.57. The molecule has 2 N–H and O–H groups in total. The van der Waals surface area contributed by atoms with Gasteiger partial charge in [-0.05, 0) is 76.7 Å². The summed E-state index contributed by atoms with van der Waals surface area (Å²) < 4.78 is 12.3. The van der Waals surface area contributed by atoms with Crippen LogP contribution in [0.4, 0.5) is 4.39 Å². The fourth-order valence-electron chi connectivity index (χ4n) is 4.13. The second-order valence-corrected chi connectivity index (χ2v) is 9.47. The molecule has 2 aliphatic rings. The van der Waals surface area contributed by atoms with Crippen molar-refractivity contribution in [1.29, 1.82) is 0 Å². The Hall–Kier alpha value is -1.50. The van der Waals surface area contributed by atoms with Crippen molar-refractivity contribution < 1.29 is 14.0 Å². The molecular formula is C21H31ClFN3O2. The highest BCUT2D eigenvalue weighted by Crippen LogP contribution is 2.51. The minimum Gasteiger partial charge on any atom is -0.350 e. The number of hydrogen-bond acceptors (Lipinski definition) is 4. The third-order valence-electron chi connectivity index (χ3n) is 5.03. The Morgan fingerprint density at radius 1 is 1.36 bits per heavy atom. The highest BCUT2D eigenvalue weighted by molar-refractivity contribution is 6.32. The molecule has 1 saturated heterocycles. The van der Waals surface area contributed by atoms with Gasteiger partial charge in [-0.1, -0.05) is 11.6 Å². The van der Waals surface area contributed by atoms with Gasteiger partial charge in [-0.25, -0.2) is 4.39 Å². The number of rotatable bonds is 5. The molecule has 1 spiro atoms. The molecule has 156 valence electrons. The molecule has 1 aromatic carbocycles. The van der Waals surface area contributed by atoms with Crippen molar-refractivity contribution in [2.24, 2.45) is 11.3 Å². The third kappa shape index (κ3) is 6.54. The van der Waals surface area contributed by atoms with E-state index < -0.39 is 5.82 Å². The third-order valence-corrected chi connectivity index (χ3v) is 5.35. The van der Waals surface area contributed by atoms with E-state index in [1.807, 2.05) is 27.8 Å². The second-order valence-electron chi connectivity index (χ2n) is 9.06. The van der Waals surface area contributed by atoms with E-state index in [4.69, 9.17) is 11.6 Å². The minimum absolute atomic E-state index is 0.117. The summed E-state index contributed by atoms with van der Waals surface area (Å²) in [6.45, 7) is 10.0. The summed E-state index contributed by atoms with van der Waals surface area (Å²) in [5, 5.41) is 6.42. The van der Waals surface area contributed by atoms with Crippen LogP contribution in [-0.2, 0) is 4.79 Å². The van der Waals surface area contributed by atoms with E-state index in [0.717, 1.165) is 31.6 Å². The molecule has 1 saturated carbocycles. The molecule has 2 fully saturated rings. The minimum atomic E-state index is -0.435. The highest BCUT2D eigenvalue weighted by atomic mass is 35.5. The molecule has 0 atom stereocenters. The van der Waals surface area contributed by atoms with Gasteiger partial charge in [-0.3, -0.25) is 14.5 Å². The predicted molar refractivity (Wildman–Crippen MR) is 110 cm³/mol. The van der Waals surface area contributed by atoms with Crippen LogP contribution in [0.1, 0.15) is 44.0 Å². The Bertz CT molecular complexity index is 691. The zero-order valence-electron chi connectivity index (χ0n) is 17.1. The van der Waals surface area contributed by atoms with E-state index in [1.165, 1.54) is 25.0 Å². The Labute approximate surface area is 172 Å². The molecule has 0 radical (unpaired) electrons. The van der Waals surface area contributed by atoms with E-state index in [2.05, 4.69) is 15.5 Å². The maximum atomic E-state index is 12.3. The molecule has 0 aromatic heterocycles. The average molecular weight is 412 g/mol. The molecule has 1 heterocycles. The normalized spacial score (nSPS) is 18.5. The topological polar surface area (TPSA) is 61.4 Å². The number of carbonyl (C=O) groups excluding carboxylic acids is 2. The Morgan fingerprint density at radius 3 is 2.50 bits per heavy atom. The van der Waals surface area contributed by atoms with Crippen LogP contribution in [0.5, 0.6) is 0 Å². The Balaban J connectivity index is 0.000000237. The van der Waals surface area contributed by atoms with Gasteiger partial charge in [0.1, 0.15) is 5.82 Å². The number of aldehydes is 1. The number of hydrogen-bond donors (Lipinski definition) is 2. The van der Waals surface area contributed by atoms with Gasteiger partial charge in [0.2, 0.25) is 5.91 Å². The van der Waals surface area contributed by atoms with Crippen LogP contribution < -0.4 is 10.6 Å². The van der Waals surface area contributed by atoms with Crippen molar-refractivity contribution in [1.82, 2.24) is 15.5 Å². The first-order valence-electron chi connectivity index (χ1n) is 9.64. The van der Waals surface area contributed by atoms with Gasteiger partial charge in [0.25, 0.3) is 0 Å². The summed E-state index contributed by atoms with van der Waals surface area (Å²) in [7, 11) is 2.02. The molecule has 5 nitrogen and oxygen atoms in total. The van der Waals surface area contributed by atoms with Crippen LogP contribution in [0, 0.1) is 17.2 Å². The van der Waals surface area contributed by atoms with Crippen molar-refractivity contribution in [2.75, 3.05) is 33.2 Å². The molecule has 1 aromatic rings. The van der Waals surface area contributed by atoms with Crippen LogP contribution in [0.15, 0.2) is 18.2 Å². The largest absolute Gasteiger partial charge is 0.350 e. The number of carbonyl (C=O) groups is 2. The van der Waals surface area contributed by atoms with Gasteiger partial charge in [0.15, 0.2) is 6.29 Å². The first-order chi connectivity index (χ1) is 13.1. The van der Waals surface area contributed by atoms with E-state index >= 15 is 0 Å². The maximum absolute atomic E-state index is 12.3. The Morgan fingerprint density at radius 2 is 2.00 bits per heavy atom. The van der Waals surface area contributed by atoms with Crippen molar-refractivity contribution in [3.05, 3.63) is 34.6 Å². The number of halogens is 2. The highest BCUT2D eigenvalue weighted by Gasteiger charge is 2.51. The van der Waals surface area contributed by atoms with Crippen molar-refractivity contribution in [3.63, 3.8) is 0 Å². The van der Waals surface area contributed by atoms with Crippen molar-refractivity contribution >= 4 is 23.8 Å². The Kier molecular flexibility index (Phi) is 7.59. The number of nitrogens with zero attached hydrogens (tertiary/aromatic N) is 1. The fraction of sp³-hybridized carbons (Fsp3) is 0.619. The van der Waals surface area contributed by atoms with E-state index in [0.29, 0.717) is 23.8 Å². The second kappa shape index (κ2) is 9.33. The van der Waals surface area contributed by atoms with Gasteiger partial charge in [0, 0.05) is 24.2 Å². The van der Waals surface area contributed by atoms with E-state index in [1.54, 1.807) is 0 Å². The van der Waals surface area contributed by atoms with Gasteiger partial charge < -0.3 is 10.6 Å². The molecule has 1 aliphatic heterocycles. The standard InChI is InChI=1S/C14H27N3O.C7H4ClFO/c1-13(2,3)16-12(18)8-17-9-14(10-17)5-11(6-14)7-15-4;8-7-3-6(9)2-1-5(7)4-10/h11,15H,5-10H2,1-4H3,(H,16,18);1-4H. The van der Waals surface area contributed by atoms with Crippen molar-refractivity contribution in [2.45, 2.75) is 39.2 Å². The fourth-order valence-corrected chi connectivity index (χ4v) is 4.34. The van der Waals surface area contributed by atoms with Crippen LogP contribution >= 0.6 is 11.6 Å². The number of nitrogens with one attached hydrogen (secondary N) is 2. The molecular weight excluding hydrogens is 381 g/mol. The summed E-state index contributed by atoms with van der Waals surface area (Å²) in [6, 6.07) is 3.63. The van der Waals surface area contributed by atoms with Gasteiger partial charge >= 0.3 is 0 Å². The SMILES string of the molecule is CNCC1CC2(C1)CN(CC(=O)NC(C)(C)C)C2.O=Cc1ccc(F)cc1Cl. The van der Waals surface area contributed by atoms with E-state index in [-0.39, 0.29) is 16.5 Å². The van der Waals surface area contributed by atoms with Crippen molar-refractivity contribution in [3.8, 4) is 0 Å².